The Labute approximate surface area is 247 Å². The van der Waals surface area contributed by atoms with E-state index in [1.54, 1.807) is 24.4 Å². The van der Waals surface area contributed by atoms with Crippen molar-refractivity contribution in [3.63, 3.8) is 0 Å². The summed E-state index contributed by atoms with van der Waals surface area (Å²) in [7, 11) is 0. The Kier molecular flexibility index (Phi) is 7.14. The van der Waals surface area contributed by atoms with E-state index in [0.717, 1.165) is 24.8 Å². The van der Waals surface area contributed by atoms with Crippen molar-refractivity contribution >= 4 is 44.7 Å². The highest BCUT2D eigenvalue weighted by molar-refractivity contribution is 7.21. The lowest BCUT2D eigenvalue weighted by atomic mass is 9.70. The van der Waals surface area contributed by atoms with Gasteiger partial charge in [0.25, 0.3) is 5.91 Å². The molecular formula is C32H32N6O3S. The molecule has 2 aromatic heterocycles. The smallest absolute Gasteiger partial charge is 0.261 e. The predicted octanol–water partition coefficient (Wildman–Crippen LogP) is 3.67. The number of nitrogens with zero attached hydrogens (tertiary/aromatic N) is 1. The number of Topliss-reactive ketones (excluding diaryl/α,β-unsaturated/α-hetero) is 1. The first-order valence-corrected chi connectivity index (χ1v) is 14.7. The van der Waals surface area contributed by atoms with E-state index >= 15 is 0 Å². The fraction of sp³-hybridized carbons (Fsp3) is 0.250. The highest BCUT2D eigenvalue weighted by atomic mass is 32.1. The Morgan fingerprint density at radius 3 is 2.55 bits per heavy atom. The largest absolute Gasteiger partial charge is 0.398 e. The van der Waals surface area contributed by atoms with Gasteiger partial charge in [-0.1, -0.05) is 43.0 Å². The van der Waals surface area contributed by atoms with Crippen LogP contribution in [0, 0.1) is 0 Å². The fourth-order valence-electron chi connectivity index (χ4n) is 6.25. The van der Waals surface area contributed by atoms with E-state index < -0.39 is 17.4 Å². The van der Waals surface area contributed by atoms with Gasteiger partial charge >= 0.3 is 0 Å². The molecule has 2 unspecified atom stereocenters. The molecule has 0 saturated heterocycles. The molecule has 4 atom stereocenters. The van der Waals surface area contributed by atoms with Gasteiger partial charge in [-0.05, 0) is 61.1 Å². The van der Waals surface area contributed by atoms with Gasteiger partial charge < -0.3 is 27.8 Å². The third-order valence-corrected chi connectivity index (χ3v) is 9.60. The monoisotopic (exact) mass is 580 g/mol. The second-order valence-electron chi connectivity index (χ2n) is 10.9. The maximum atomic E-state index is 14.1. The first-order chi connectivity index (χ1) is 20.2. The molecule has 6 rings (SSSR count). The minimum Gasteiger partial charge on any atom is -0.398 e. The first-order valence-electron chi connectivity index (χ1n) is 13.9. The zero-order chi connectivity index (χ0) is 29.6. The van der Waals surface area contributed by atoms with Crippen molar-refractivity contribution in [2.75, 3.05) is 5.73 Å². The third-order valence-electron chi connectivity index (χ3n) is 8.35. The molecule has 0 radical (unpaired) electrons. The van der Waals surface area contributed by atoms with Crippen LogP contribution in [0.1, 0.15) is 58.1 Å². The van der Waals surface area contributed by atoms with Gasteiger partial charge in [0.2, 0.25) is 5.91 Å². The van der Waals surface area contributed by atoms with Crippen LogP contribution in [0.3, 0.4) is 0 Å². The normalized spacial score (nSPS) is 23.4. The Morgan fingerprint density at radius 2 is 1.81 bits per heavy atom. The van der Waals surface area contributed by atoms with Crippen LogP contribution in [-0.2, 0) is 15.1 Å². The molecule has 0 spiro atoms. The summed E-state index contributed by atoms with van der Waals surface area (Å²) < 4.78 is 0.669. The maximum Gasteiger partial charge on any atom is 0.261 e. The Morgan fingerprint density at radius 1 is 1.07 bits per heavy atom. The SMILES string of the molecule is C=CC(=O)N[C@@H]1CCC[C@H](NC(=O)c2sc3c(N)ccc4c3c2C(N)C(=O)C4(N)c2ccnc(-c3ccccc3)c2)C1. The van der Waals surface area contributed by atoms with Crippen LogP contribution in [0.25, 0.3) is 21.3 Å². The van der Waals surface area contributed by atoms with Gasteiger partial charge in [0, 0.05) is 40.5 Å². The van der Waals surface area contributed by atoms with Gasteiger partial charge in [-0.3, -0.25) is 19.4 Å². The van der Waals surface area contributed by atoms with Crippen molar-refractivity contribution < 1.29 is 14.4 Å². The van der Waals surface area contributed by atoms with Crippen molar-refractivity contribution in [3.05, 3.63) is 95.0 Å². The molecule has 1 saturated carbocycles. The third kappa shape index (κ3) is 4.57. The molecule has 4 aromatic rings. The zero-order valence-electron chi connectivity index (χ0n) is 22.9. The van der Waals surface area contributed by atoms with E-state index in [-0.39, 0.29) is 23.9 Å². The molecule has 2 aliphatic carbocycles. The molecule has 10 heteroatoms. The topological polar surface area (TPSA) is 166 Å². The number of amides is 2. The summed E-state index contributed by atoms with van der Waals surface area (Å²) in [5.41, 5.74) is 22.1. The van der Waals surface area contributed by atoms with Crippen LogP contribution < -0.4 is 27.8 Å². The second-order valence-corrected chi connectivity index (χ2v) is 12.0. The number of carbonyl (C=O) groups excluding carboxylic acids is 3. The summed E-state index contributed by atoms with van der Waals surface area (Å²) in [5, 5.41) is 6.69. The van der Waals surface area contributed by atoms with Crippen LogP contribution in [0.4, 0.5) is 5.69 Å². The van der Waals surface area contributed by atoms with E-state index in [2.05, 4.69) is 22.2 Å². The summed E-state index contributed by atoms with van der Waals surface area (Å²) in [6.45, 7) is 3.51. The molecule has 2 amide bonds. The second kappa shape index (κ2) is 10.8. The van der Waals surface area contributed by atoms with Crippen LogP contribution >= 0.6 is 11.3 Å². The van der Waals surface area contributed by atoms with Gasteiger partial charge in [-0.25, -0.2) is 0 Å². The molecule has 2 heterocycles. The van der Waals surface area contributed by atoms with E-state index in [1.807, 2.05) is 36.4 Å². The number of benzene rings is 2. The number of anilines is 1. The number of nitrogens with one attached hydrogen (secondary N) is 2. The number of nitrogens with two attached hydrogens (primary N) is 3. The number of aromatic nitrogens is 1. The van der Waals surface area contributed by atoms with E-state index in [0.29, 0.717) is 49.5 Å². The van der Waals surface area contributed by atoms with Gasteiger partial charge in [0.15, 0.2) is 5.78 Å². The average Bonchev–Trinajstić information content (AvgIpc) is 3.42. The van der Waals surface area contributed by atoms with Crippen LogP contribution in [0.5, 0.6) is 0 Å². The lowest BCUT2D eigenvalue weighted by molar-refractivity contribution is -0.124. The first kappa shape index (κ1) is 27.8. The summed E-state index contributed by atoms with van der Waals surface area (Å²) in [6, 6.07) is 15.3. The Hall–Kier alpha value is -4.38. The number of thiophene rings is 1. The van der Waals surface area contributed by atoms with E-state index in [4.69, 9.17) is 17.2 Å². The number of carbonyl (C=O) groups is 3. The molecule has 8 N–H and O–H groups in total. The van der Waals surface area contributed by atoms with Gasteiger partial charge in [-0.2, -0.15) is 0 Å². The average molecular weight is 581 g/mol. The molecule has 1 fully saturated rings. The minimum absolute atomic E-state index is 0.0552. The molecule has 2 aromatic carbocycles. The van der Waals surface area contributed by atoms with Gasteiger partial charge in [0.05, 0.1) is 21.3 Å². The van der Waals surface area contributed by atoms with Crippen molar-refractivity contribution in [1.82, 2.24) is 15.6 Å². The molecule has 0 bridgehead atoms. The molecule has 214 valence electrons. The summed E-state index contributed by atoms with van der Waals surface area (Å²) in [4.78, 5) is 44.5. The zero-order valence-corrected chi connectivity index (χ0v) is 23.7. The van der Waals surface area contributed by atoms with Crippen molar-refractivity contribution in [1.29, 1.82) is 0 Å². The van der Waals surface area contributed by atoms with Crippen molar-refractivity contribution in [3.8, 4) is 11.3 Å². The molecular weight excluding hydrogens is 548 g/mol. The Balaban J connectivity index is 1.40. The highest BCUT2D eigenvalue weighted by Gasteiger charge is 2.49. The predicted molar refractivity (Wildman–Crippen MR) is 165 cm³/mol. The number of hydrogen-bond donors (Lipinski definition) is 5. The summed E-state index contributed by atoms with van der Waals surface area (Å²) in [5.74, 6) is -0.965. The summed E-state index contributed by atoms with van der Waals surface area (Å²) in [6.07, 6.45) is 5.95. The van der Waals surface area contributed by atoms with Gasteiger partial charge in [0.1, 0.15) is 5.54 Å². The van der Waals surface area contributed by atoms with E-state index in [9.17, 15) is 14.4 Å². The van der Waals surface area contributed by atoms with Crippen LogP contribution in [0.2, 0.25) is 0 Å². The molecule has 42 heavy (non-hydrogen) atoms. The fourth-order valence-corrected chi connectivity index (χ4v) is 7.46. The maximum absolute atomic E-state index is 14.1. The molecule has 9 nitrogen and oxygen atoms in total. The summed E-state index contributed by atoms with van der Waals surface area (Å²) >= 11 is 1.22. The highest BCUT2D eigenvalue weighted by Crippen LogP contribution is 2.49. The van der Waals surface area contributed by atoms with E-state index in [1.165, 1.54) is 17.4 Å². The van der Waals surface area contributed by atoms with Crippen molar-refractivity contribution in [2.24, 2.45) is 11.5 Å². The quantitative estimate of drug-likeness (QED) is 0.171. The molecule has 0 aliphatic heterocycles. The van der Waals surface area contributed by atoms with Crippen LogP contribution in [0.15, 0.2) is 73.4 Å². The molecule has 2 aliphatic rings. The van der Waals surface area contributed by atoms with Gasteiger partial charge in [-0.15, -0.1) is 11.3 Å². The lowest BCUT2D eigenvalue weighted by Gasteiger charge is -2.36. The number of hydrogen-bond acceptors (Lipinski definition) is 8. The number of rotatable bonds is 6. The standard InChI is InChI=1S/C32H32N6O3S/c1-2-24(39)37-19-9-6-10-20(16-19)38-31(41)29-26-25-21(11-12-22(33)28(25)42-29)32(35,30(40)27(26)34)18-13-14-36-23(15-18)17-7-4-3-5-8-17/h2-5,7-8,11-15,19-20,27H,1,6,9-10,16,33-35H2,(H,37,39)(H,38,41)/t19-,20+,27?,32?/m1/s1. The van der Waals surface area contributed by atoms with Crippen LogP contribution in [-0.4, -0.2) is 34.7 Å². The van der Waals surface area contributed by atoms with Crippen molar-refractivity contribution in [2.45, 2.75) is 49.3 Å². The Bertz CT molecular complexity index is 1740. The lowest BCUT2D eigenvalue weighted by Crippen LogP contribution is -2.52. The minimum atomic E-state index is -1.57. The number of nitrogen functional groups attached to an aromatic ring is 1. The number of ketones is 1. The number of pyridine rings is 1.